The second kappa shape index (κ2) is 14.9. The van der Waals surface area contributed by atoms with Crippen molar-refractivity contribution in [1.29, 1.82) is 0 Å². The summed E-state index contributed by atoms with van der Waals surface area (Å²) in [6.07, 6.45) is 9.97. The Labute approximate surface area is 117 Å². The Balaban J connectivity index is -0.0000000904. The SMILES string of the molecule is CCCCCCCCC.O=S(=O)(O)O.[H-].[Na+]. The van der Waals surface area contributed by atoms with Crippen LogP contribution in [-0.4, -0.2) is 17.5 Å². The molecule has 0 fully saturated rings. The summed E-state index contributed by atoms with van der Waals surface area (Å²) < 4.78 is 31.6. The van der Waals surface area contributed by atoms with Crippen molar-refractivity contribution in [2.45, 2.75) is 58.8 Å². The molecule has 0 amide bonds. The largest absolute Gasteiger partial charge is 1.00 e. The van der Waals surface area contributed by atoms with Crippen molar-refractivity contribution in [3.8, 4) is 0 Å². The van der Waals surface area contributed by atoms with Crippen molar-refractivity contribution >= 4 is 10.4 Å². The van der Waals surface area contributed by atoms with E-state index in [-0.39, 0.29) is 31.0 Å². The smallest absolute Gasteiger partial charge is 1.00 e. The van der Waals surface area contributed by atoms with Crippen LogP contribution in [0.5, 0.6) is 0 Å². The third kappa shape index (κ3) is 52.2. The maximum Gasteiger partial charge on any atom is 1.00 e. The van der Waals surface area contributed by atoms with Crippen molar-refractivity contribution in [2.75, 3.05) is 0 Å². The van der Waals surface area contributed by atoms with Gasteiger partial charge in [0.2, 0.25) is 0 Å². The Morgan fingerprint density at radius 1 is 0.867 bits per heavy atom. The Morgan fingerprint density at radius 3 is 1.27 bits per heavy atom. The first-order valence-corrected chi connectivity index (χ1v) is 6.51. The van der Waals surface area contributed by atoms with Crippen LogP contribution in [0, 0.1) is 0 Å². The molecular weight excluding hydrogens is 227 g/mol. The minimum absolute atomic E-state index is 0. The summed E-state index contributed by atoms with van der Waals surface area (Å²) in [5, 5.41) is 0. The van der Waals surface area contributed by atoms with Crippen molar-refractivity contribution < 1.29 is 48.5 Å². The Hall–Kier alpha value is 0.870. The number of hydrogen-bond acceptors (Lipinski definition) is 2. The zero-order valence-electron chi connectivity index (χ0n) is 11.1. The molecule has 6 heteroatoms. The number of unbranched alkanes of at least 4 members (excludes halogenated alkanes) is 6. The molecule has 0 bridgehead atoms. The van der Waals surface area contributed by atoms with Gasteiger partial charge in [0.15, 0.2) is 0 Å². The quantitative estimate of drug-likeness (QED) is 0.402. The zero-order chi connectivity index (χ0) is 11.4. The maximum atomic E-state index is 8.74. The van der Waals surface area contributed by atoms with Crippen LogP contribution < -0.4 is 29.6 Å². The molecule has 0 atom stereocenters. The normalized spacial score (nSPS) is 9.87. The van der Waals surface area contributed by atoms with Crippen LogP contribution in [0.25, 0.3) is 0 Å². The molecule has 0 radical (unpaired) electrons. The Bertz CT molecular complexity index is 184. The molecule has 2 N–H and O–H groups in total. The molecule has 0 saturated heterocycles. The van der Waals surface area contributed by atoms with E-state index in [1.165, 1.54) is 44.9 Å². The van der Waals surface area contributed by atoms with Crippen molar-refractivity contribution in [2.24, 2.45) is 0 Å². The molecule has 0 saturated carbocycles. The fraction of sp³-hybridized carbons (Fsp3) is 1.00. The van der Waals surface area contributed by atoms with Crippen molar-refractivity contribution in [1.82, 2.24) is 0 Å². The van der Waals surface area contributed by atoms with Gasteiger partial charge in [-0.3, -0.25) is 9.11 Å². The Morgan fingerprint density at radius 2 is 1.07 bits per heavy atom. The third-order valence-corrected chi connectivity index (χ3v) is 1.71. The molecular formula is C9H23NaO4S. The second-order valence-corrected chi connectivity index (χ2v) is 4.11. The summed E-state index contributed by atoms with van der Waals surface area (Å²) in [5.74, 6) is 0. The van der Waals surface area contributed by atoms with E-state index >= 15 is 0 Å². The van der Waals surface area contributed by atoms with E-state index in [1.807, 2.05) is 0 Å². The number of rotatable bonds is 6. The first-order valence-electron chi connectivity index (χ1n) is 5.11. The molecule has 0 aromatic heterocycles. The molecule has 0 spiro atoms. The maximum absolute atomic E-state index is 8.74. The van der Waals surface area contributed by atoms with Gasteiger partial charge in [-0.2, -0.15) is 8.42 Å². The predicted octanol–water partition coefficient (Wildman–Crippen LogP) is 0.221. The van der Waals surface area contributed by atoms with E-state index in [2.05, 4.69) is 13.8 Å². The average Bonchev–Trinajstić information content (AvgIpc) is 2.01. The van der Waals surface area contributed by atoms with Gasteiger partial charge in [0.25, 0.3) is 0 Å². The minimum Gasteiger partial charge on any atom is -1.00 e. The summed E-state index contributed by atoms with van der Waals surface area (Å²) in [7, 11) is -4.67. The standard InChI is InChI=1S/C9H20.Na.H2O4S.H/c1-3-5-7-9-8-6-4-2;;1-5(2,3)4;/h3-9H2,1-2H3;;(H2,1,2,3,4);/q;+1;;-1. The molecule has 0 rings (SSSR count). The summed E-state index contributed by atoms with van der Waals surface area (Å²) in [6.45, 7) is 4.53. The first kappa shape index (κ1) is 21.2. The van der Waals surface area contributed by atoms with Gasteiger partial charge < -0.3 is 1.43 Å². The zero-order valence-corrected chi connectivity index (χ0v) is 12.9. The van der Waals surface area contributed by atoms with Crippen LogP contribution in [0.15, 0.2) is 0 Å². The third-order valence-electron chi connectivity index (χ3n) is 1.71. The first-order chi connectivity index (χ1) is 6.41. The van der Waals surface area contributed by atoms with Crippen LogP contribution in [0.3, 0.4) is 0 Å². The molecule has 0 aliphatic rings. The van der Waals surface area contributed by atoms with Crippen LogP contribution >= 0.6 is 0 Å². The Kier molecular flexibility index (Phi) is 21.0. The molecule has 15 heavy (non-hydrogen) atoms. The van der Waals surface area contributed by atoms with Crippen molar-refractivity contribution in [3.63, 3.8) is 0 Å². The van der Waals surface area contributed by atoms with Gasteiger partial charge in [-0.25, -0.2) is 0 Å². The molecule has 0 aliphatic heterocycles. The average molecular weight is 250 g/mol. The van der Waals surface area contributed by atoms with Crippen LogP contribution in [0.2, 0.25) is 0 Å². The van der Waals surface area contributed by atoms with E-state index in [9.17, 15) is 0 Å². The van der Waals surface area contributed by atoms with E-state index in [4.69, 9.17) is 17.5 Å². The molecule has 90 valence electrons. The van der Waals surface area contributed by atoms with Gasteiger partial charge in [0.05, 0.1) is 0 Å². The van der Waals surface area contributed by atoms with Gasteiger partial charge >= 0.3 is 40.0 Å². The topological polar surface area (TPSA) is 74.6 Å². The second-order valence-electron chi connectivity index (χ2n) is 3.22. The molecule has 4 nitrogen and oxygen atoms in total. The minimum atomic E-state index is -4.67. The van der Waals surface area contributed by atoms with Crippen LogP contribution in [0.1, 0.15) is 60.2 Å². The summed E-state index contributed by atoms with van der Waals surface area (Å²) in [5.41, 5.74) is 0. The van der Waals surface area contributed by atoms with Crippen LogP contribution in [-0.2, 0) is 10.4 Å². The summed E-state index contributed by atoms with van der Waals surface area (Å²) in [4.78, 5) is 0. The molecule has 0 aliphatic carbocycles. The monoisotopic (exact) mass is 250 g/mol. The fourth-order valence-corrected chi connectivity index (χ4v) is 1.03. The summed E-state index contributed by atoms with van der Waals surface area (Å²) in [6, 6.07) is 0. The van der Waals surface area contributed by atoms with E-state index in [0.29, 0.717) is 0 Å². The molecule has 0 heterocycles. The van der Waals surface area contributed by atoms with Crippen LogP contribution in [0.4, 0.5) is 0 Å². The molecule has 0 unspecified atom stereocenters. The van der Waals surface area contributed by atoms with E-state index in [1.54, 1.807) is 0 Å². The number of hydrogen-bond donors (Lipinski definition) is 2. The van der Waals surface area contributed by atoms with Gasteiger partial charge in [-0.15, -0.1) is 0 Å². The summed E-state index contributed by atoms with van der Waals surface area (Å²) >= 11 is 0. The molecule has 0 aromatic rings. The predicted molar refractivity (Wildman–Crippen MR) is 59.0 cm³/mol. The fourth-order valence-electron chi connectivity index (χ4n) is 1.03. The van der Waals surface area contributed by atoms with Gasteiger partial charge in [0.1, 0.15) is 0 Å². The van der Waals surface area contributed by atoms with E-state index in [0.717, 1.165) is 0 Å². The van der Waals surface area contributed by atoms with Gasteiger partial charge in [0, 0.05) is 0 Å². The van der Waals surface area contributed by atoms with Gasteiger partial charge in [-0.1, -0.05) is 58.8 Å². The molecule has 0 aromatic carbocycles. The van der Waals surface area contributed by atoms with Gasteiger partial charge in [-0.05, 0) is 0 Å². The van der Waals surface area contributed by atoms with E-state index < -0.39 is 10.4 Å². The van der Waals surface area contributed by atoms with Crippen molar-refractivity contribution in [3.05, 3.63) is 0 Å².